The Labute approximate surface area is 199 Å². The minimum absolute atomic E-state index is 0.00458. The molecule has 0 aliphatic heterocycles. The summed E-state index contributed by atoms with van der Waals surface area (Å²) in [7, 11) is 1.79. The highest BCUT2D eigenvalue weighted by molar-refractivity contribution is 5.68. The molecule has 2 heterocycles. The van der Waals surface area contributed by atoms with Crippen molar-refractivity contribution in [3.8, 4) is 17.2 Å². The summed E-state index contributed by atoms with van der Waals surface area (Å²) >= 11 is 0. The third-order valence-corrected chi connectivity index (χ3v) is 7.01. The number of nitrogens with zero attached hydrogens (tertiary/aromatic N) is 3. The van der Waals surface area contributed by atoms with Crippen molar-refractivity contribution in [3.05, 3.63) is 29.1 Å². The largest absolute Gasteiger partial charge is 0.489 e. The van der Waals surface area contributed by atoms with Crippen LogP contribution in [0.1, 0.15) is 68.3 Å². The number of hydrogen-bond acceptors (Lipinski definition) is 7. The van der Waals surface area contributed by atoms with Gasteiger partial charge in [0.2, 0.25) is 0 Å². The van der Waals surface area contributed by atoms with Crippen molar-refractivity contribution in [1.82, 2.24) is 15.0 Å². The molecule has 0 aromatic carbocycles. The third kappa shape index (κ3) is 5.51. The number of ether oxygens (including phenoxy) is 2. The SMILES string of the molecule is Cc1nc(-c2onc(C)c2COC(=O)N(C)C2CCCC2)ccc1O[C@H]1CC[C@H](CC(=O)O)C1. The zero-order chi connectivity index (χ0) is 24.2. The minimum Gasteiger partial charge on any atom is -0.489 e. The Morgan fingerprint density at radius 1 is 1.15 bits per heavy atom. The number of carbonyl (C=O) groups is 2. The molecule has 184 valence electrons. The lowest BCUT2D eigenvalue weighted by Gasteiger charge is -2.23. The Kier molecular flexibility index (Phi) is 7.38. The number of carbonyl (C=O) groups excluding carboxylic acids is 1. The normalized spacial score (nSPS) is 20.4. The molecule has 1 amide bonds. The van der Waals surface area contributed by atoms with Gasteiger partial charge in [-0.1, -0.05) is 18.0 Å². The van der Waals surface area contributed by atoms with E-state index in [-0.39, 0.29) is 37.2 Å². The maximum Gasteiger partial charge on any atom is 0.410 e. The highest BCUT2D eigenvalue weighted by atomic mass is 16.6. The number of aliphatic carboxylic acids is 1. The minimum atomic E-state index is -0.762. The molecule has 0 radical (unpaired) electrons. The fraction of sp³-hybridized carbons (Fsp3) is 0.600. The summed E-state index contributed by atoms with van der Waals surface area (Å²) in [4.78, 5) is 29.8. The monoisotopic (exact) mass is 471 g/mol. The van der Waals surface area contributed by atoms with Crippen molar-refractivity contribution in [2.24, 2.45) is 5.92 Å². The van der Waals surface area contributed by atoms with Gasteiger partial charge in [-0.05, 0) is 64.0 Å². The van der Waals surface area contributed by atoms with Crippen LogP contribution in [0.4, 0.5) is 4.79 Å². The van der Waals surface area contributed by atoms with E-state index >= 15 is 0 Å². The number of carboxylic acids is 1. The molecule has 2 fully saturated rings. The average molecular weight is 472 g/mol. The molecule has 2 aromatic rings. The standard InChI is InChI=1S/C25H33N3O6/c1-15-20(14-32-25(31)28(3)18-6-4-5-7-18)24(34-27-15)21-10-11-22(16(2)26-21)33-19-9-8-17(12-19)13-23(29)30/h10-11,17-19H,4-9,12-14H2,1-3H3,(H,29,30)/t17-,19-/m0/s1. The Hall–Kier alpha value is -3.10. The maximum atomic E-state index is 12.5. The molecule has 2 saturated carbocycles. The molecular formula is C25H33N3O6. The van der Waals surface area contributed by atoms with E-state index in [1.807, 2.05) is 26.0 Å². The highest BCUT2D eigenvalue weighted by Crippen LogP contribution is 2.34. The van der Waals surface area contributed by atoms with Crippen molar-refractivity contribution in [1.29, 1.82) is 0 Å². The van der Waals surface area contributed by atoms with Gasteiger partial charge in [-0.2, -0.15) is 0 Å². The molecule has 1 N–H and O–H groups in total. The molecule has 0 bridgehead atoms. The van der Waals surface area contributed by atoms with E-state index in [1.54, 1.807) is 11.9 Å². The van der Waals surface area contributed by atoms with Crippen LogP contribution in [0.15, 0.2) is 16.7 Å². The van der Waals surface area contributed by atoms with E-state index in [0.29, 0.717) is 34.2 Å². The van der Waals surface area contributed by atoms with Crippen LogP contribution in [-0.4, -0.2) is 51.4 Å². The molecule has 0 spiro atoms. The van der Waals surface area contributed by atoms with Crippen molar-refractivity contribution in [2.45, 2.75) is 84.0 Å². The van der Waals surface area contributed by atoms with E-state index in [2.05, 4.69) is 10.1 Å². The Balaban J connectivity index is 1.40. The first-order valence-electron chi connectivity index (χ1n) is 12.0. The van der Waals surface area contributed by atoms with Gasteiger partial charge in [-0.15, -0.1) is 0 Å². The average Bonchev–Trinajstić information content (AvgIpc) is 3.55. The quantitative estimate of drug-likeness (QED) is 0.579. The molecule has 9 heteroatoms. The van der Waals surface area contributed by atoms with Crippen LogP contribution in [0.3, 0.4) is 0 Å². The Bertz CT molecular complexity index is 1030. The number of hydrogen-bond donors (Lipinski definition) is 1. The predicted molar refractivity (Wildman–Crippen MR) is 123 cm³/mol. The molecule has 4 rings (SSSR count). The van der Waals surface area contributed by atoms with Gasteiger partial charge < -0.3 is 24.0 Å². The van der Waals surface area contributed by atoms with Crippen molar-refractivity contribution >= 4 is 12.1 Å². The summed E-state index contributed by atoms with van der Waals surface area (Å²) in [6.45, 7) is 3.74. The highest BCUT2D eigenvalue weighted by Gasteiger charge is 2.29. The fourth-order valence-electron chi connectivity index (χ4n) is 4.98. The number of amides is 1. The predicted octanol–water partition coefficient (Wildman–Crippen LogP) is 4.89. The second-order valence-electron chi connectivity index (χ2n) is 9.48. The van der Waals surface area contributed by atoms with Gasteiger partial charge in [-0.3, -0.25) is 4.79 Å². The molecule has 2 aliphatic carbocycles. The number of rotatable bonds is 8. The van der Waals surface area contributed by atoms with Gasteiger partial charge >= 0.3 is 12.1 Å². The summed E-state index contributed by atoms with van der Waals surface area (Å²) < 4.78 is 17.2. The van der Waals surface area contributed by atoms with E-state index in [4.69, 9.17) is 19.1 Å². The smallest absolute Gasteiger partial charge is 0.410 e. The number of carboxylic acid groups (broad SMARTS) is 1. The fourth-order valence-corrected chi connectivity index (χ4v) is 4.98. The molecular weight excluding hydrogens is 438 g/mol. The molecule has 2 aromatic heterocycles. The molecule has 0 saturated heterocycles. The molecule has 9 nitrogen and oxygen atoms in total. The van der Waals surface area contributed by atoms with Gasteiger partial charge in [0, 0.05) is 19.5 Å². The van der Waals surface area contributed by atoms with Gasteiger partial charge in [-0.25, -0.2) is 9.78 Å². The van der Waals surface area contributed by atoms with Crippen molar-refractivity contribution in [3.63, 3.8) is 0 Å². The molecule has 2 aliphatic rings. The maximum absolute atomic E-state index is 12.5. The number of aromatic nitrogens is 2. The zero-order valence-electron chi connectivity index (χ0n) is 20.1. The third-order valence-electron chi connectivity index (χ3n) is 7.01. The van der Waals surface area contributed by atoms with Crippen LogP contribution >= 0.6 is 0 Å². The van der Waals surface area contributed by atoms with Gasteiger partial charge in [0.1, 0.15) is 18.1 Å². The lowest BCUT2D eigenvalue weighted by Crippen LogP contribution is -2.35. The lowest BCUT2D eigenvalue weighted by molar-refractivity contribution is -0.138. The van der Waals surface area contributed by atoms with Crippen LogP contribution in [0.5, 0.6) is 5.75 Å². The van der Waals surface area contributed by atoms with Crippen LogP contribution in [0.25, 0.3) is 11.5 Å². The summed E-state index contributed by atoms with van der Waals surface area (Å²) in [5.41, 5.74) is 2.65. The first kappa shape index (κ1) is 24.0. The van der Waals surface area contributed by atoms with Gasteiger partial charge in [0.15, 0.2) is 5.76 Å². The van der Waals surface area contributed by atoms with Crippen molar-refractivity contribution in [2.75, 3.05) is 7.05 Å². The Morgan fingerprint density at radius 3 is 2.62 bits per heavy atom. The number of pyridine rings is 1. The first-order chi connectivity index (χ1) is 16.3. The summed E-state index contributed by atoms with van der Waals surface area (Å²) in [5.74, 6) is 0.546. The Morgan fingerprint density at radius 2 is 1.91 bits per heavy atom. The van der Waals surface area contributed by atoms with E-state index < -0.39 is 5.97 Å². The first-order valence-corrected chi connectivity index (χ1v) is 12.0. The zero-order valence-corrected chi connectivity index (χ0v) is 20.1. The van der Waals surface area contributed by atoms with Crippen LogP contribution < -0.4 is 4.74 Å². The van der Waals surface area contributed by atoms with E-state index in [9.17, 15) is 9.59 Å². The molecule has 34 heavy (non-hydrogen) atoms. The van der Waals surface area contributed by atoms with Crippen molar-refractivity contribution < 1.29 is 28.7 Å². The summed E-state index contributed by atoms with van der Waals surface area (Å²) in [6.07, 6.45) is 6.59. The summed E-state index contributed by atoms with van der Waals surface area (Å²) in [6, 6.07) is 3.90. The van der Waals surface area contributed by atoms with Gasteiger partial charge in [0.25, 0.3) is 0 Å². The van der Waals surface area contributed by atoms with Crippen LogP contribution in [-0.2, 0) is 16.1 Å². The second-order valence-corrected chi connectivity index (χ2v) is 9.48. The van der Waals surface area contributed by atoms with E-state index in [1.165, 1.54) is 0 Å². The summed E-state index contributed by atoms with van der Waals surface area (Å²) in [5, 5.41) is 13.1. The number of aryl methyl sites for hydroxylation is 2. The molecule has 2 atom stereocenters. The topological polar surface area (TPSA) is 115 Å². The van der Waals surface area contributed by atoms with E-state index in [0.717, 1.165) is 44.9 Å². The van der Waals surface area contributed by atoms with Gasteiger partial charge in [0.05, 0.1) is 23.1 Å². The van der Waals surface area contributed by atoms with Crippen LogP contribution in [0.2, 0.25) is 0 Å². The lowest BCUT2D eigenvalue weighted by atomic mass is 10.0. The second kappa shape index (κ2) is 10.4. The van der Waals surface area contributed by atoms with Crippen LogP contribution in [0, 0.1) is 19.8 Å². The molecule has 0 unspecified atom stereocenters.